The molecule has 3 rings (SSSR count). The van der Waals surface area contributed by atoms with Crippen LogP contribution in [0.5, 0.6) is 0 Å². The molecule has 2 aromatic rings. The largest absolute Gasteiger partial charge is 0.379 e. The number of anilines is 1. The van der Waals surface area contributed by atoms with Crippen LogP contribution in [0.15, 0.2) is 41.4 Å². The molecule has 2 heterocycles. The van der Waals surface area contributed by atoms with Gasteiger partial charge in [-0.15, -0.1) is 0 Å². The highest BCUT2D eigenvalue weighted by Gasteiger charge is 2.26. The molecule has 1 amide bonds. The van der Waals surface area contributed by atoms with Crippen molar-refractivity contribution in [3.05, 3.63) is 42.2 Å². The molecular formula is C15H16F2N4O4S. The van der Waals surface area contributed by atoms with E-state index in [9.17, 15) is 22.0 Å². The Kier molecular flexibility index (Phi) is 5.30. The lowest BCUT2D eigenvalue weighted by molar-refractivity contribution is 0.0520. The molecule has 0 spiro atoms. The molecule has 1 fully saturated rings. The second-order valence-electron chi connectivity index (χ2n) is 5.43. The second-order valence-corrected chi connectivity index (χ2v) is 7.37. The van der Waals surface area contributed by atoms with E-state index in [-0.39, 0.29) is 29.4 Å². The van der Waals surface area contributed by atoms with Gasteiger partial charge >= 0.3 is 6.55 Å². The van der Waals surface area contributed by atoms with Gasteiger partial charge in [0.1, 0.15) is 5.69 Å². The van der Waals surface area contributed by atoms with Crippen molar-refractivity contribution >= 4 is 21.6 Å². The van der Waals surface area contributed by atoms with Crippen molar-refractivity contribution in [1.29, 1.82) is 0 Å². The first kappa shape index (κ1) is 18.4. The molecule has 1 aromatic carbocycles. The molecule has 0 bridgehead atoms. The summed E-state index contributed by atoms with van der Waals surface area (Å²) in [6.45, 7) is -1.71. The van der Waals surface area contributed by atoms with E-state index < -0.39 is 22.5 Å². The molecule has 8 nitrogen and oxygen atoms in total. The lowest BCUT2D eigenvalue weighted by atomic mass is 10.3. The van der Waals surface area contributed by atoms with Crippen LogP contribution in [0.3, 0.4) is 0 Å². The van der Waals surface area contributed by atoms with E-state index in [4.69, 9.17) is 4.74 Å². The Bertz CT molecular complexity index is 877. The number of benzene rings is 1. The van der Waals surface area contributed by atoms with Crippen molar-refractivity contribution in [3.63, 3.8) is 0 Å². The van der Waals surface area contributed by atoms with E-state index in [0.29, 0.717) is 17.9 Å². The van der Waals surface area contributed by atoms with Crippen LogP contribution >= 0.6 is 0 Å². The molecule has 140 valence electrons. The fourth-order valence-electron chi connectivity index (χ4n) is 2.49. The number of aromatic nitrogens is 2. The predicted molar refractivity (Wildman–Crippen MR) is 87.5 cm³/mol. The maximum Gasteiger partial charge on any atom is 0.333 e. The number of alkyl halides is 2. The zero-order valence-corrected chi connectivity index (χ0v) is 14.3. The Morgan fingerprint density at radius 3 is 2.42 bits per heavy atom. The number of nitrogens with zero attached hydrogens (tertiary/aromatic N) is 3. The van der Waals surface area contributed by atoms with Gasteiger partial charge in [0.15, 0.2) is 0 Å². The van der Waals surface area contributed by atoms with Gasteiger partial charge in [-0.1, -0.05) is 0 Å². The van der Waals surface area contributed by atoms with Gasteiger partial charge in [0.25, 0.3) is 5.91 Å². The molecule has 0 atom stereocenters. The summed E-state index contributed by atoms with van der Waals surface area (Å²) >= 11 is 0. The third-order valence-electron chi connectivity index (χ3n) is 3.81. The summed E-state index contributed by atoms with van der Waals surface area (Å²) in [5.41, 5.74) is -0.0250. The van der Waals surface area contributed by atoms with Gasteiger partial charge in [0.2, 0.25) is 10.0 Å². The van der Waals surface area contributed by atoms with Crippen LogP contribution in [0.4, 0.5) is 14.5 Å². The van der Waals surface area contributed by atoms with Gasteiger partial charge < -0.3 is 10.1 Å². The molecular weight excluding hydrogens is 370 g/mol. The average molecular weight is 386 g/mol. The average Bonchev–Trinajstić information content (AvgIpc) is 3.13. The first-order valence-corrected chi connectivity index (χ1v) is 9.14. The van der Waals surface area contributed by atoms with E-state index >= 15 is 0 Å². The maximum absolute atomic E-state index is 12.8. The highest BCUT2D eigenvalue weighted by Crippen LogP contribution is 2.20. The zero-order valence-electron chi connectivity index (χ0n) is 13.5. The molecule has 1 N–H and O–H groups in total. The van der Waals surface area contributed by atoms with Crippen LogP contribution in [-0.4, -0.2) is 54.7 Å². The van der Waals surface area contributed by atoms with Crippen LogP contribution in [-0.2, 0) is 14.8 Å². The Morgan fingerprint density at radius 1 is 1.15 bits per heavy atom. The lowest BCUT2D eigenvalue weighted by Gasteiger charge is -2.26. The van der Waals surface area contributed by atoms with Crippen LogP contribution in [0, 0.1) is 0 Å². The molecule has 0 saturated carbocycles. The monoisotopic (exact) mass is 386 g/mol. The number of ether oxygens (including phenoxy) is 1. The molecule has 11 heteroatoms. The second kappa shape index (κ2) is 7.48. The highest BCUT2D eigenvalue weighted by molar-refractivity contribution is 7.89. The van der Waals surface area contributed by atoms with E-state index in [2.05, 4.69) is 10.4 Å². The molecule has 1 aliphatic heterocycles. The predicted octanol–water partition coefficient (Wildman–Crippen LogP) is 1.55. The Hall–Kier alpha value is -2.37. The molecule has 26 heavy (non-hydrogen) atoms. The van der Waals surface area contributed by atoms with Crippen molar-refractivity contribution in [2.45, 2.75) is 11.4 Å². The Labute approximate surface area is 148 Å². The third kappa shape index (κ3) is 3.74. The normalized spacial score (nSPS) is 16.0. The molecule has 1 saturated heterocycles. The van der Waals surface area contributed by atoms with Gasteiger partial charge in [0.05, 0.1) is 18.1 Å². The number of rotatable bonds is 5. The summed E-state index contributed by atoms with van der Waals surface area (Å²) in [6.07, 6.45) is 1.10. The minimum Gasteiger partial charge on any atom is -0.379 e. The fourth-order valence-corrected chi connectivity index (χ4v) is 3.90. The number of carbonyl (C=O) groups is 1. The summed E-state index contributed by atoms with van der Waals surface area (Å²) in [5.74, 6) is -0.772. The number of hydrogen-bond acceptors (Lipinski definition) is 5. The lowest BCUT2D eigenvalue weighted by Crippen LogP contribution is -2.40. The van der Waals surface area contributed by atoms with Crippen molar-refractivity contribution in [2.75, 3.05) is 31.6 Å². The molecule has 0 unspecified atom stereocenters. The number of carbonyl (C=O) groups excluding carboxylic acids is 1. The topological polar surface area (TPSA) is 93.5 Å². The number of nitrogens with one attached hydrogen (secondary N) is 1. The van der Waals surface area contributed by atoms with Crippen molar-refractivity contribution in [1.82, 2.24) is 14.1 Å². The first-order valence-electron chi connectivity index (χ1n) is 7.70. The van der Waals surface area contributed by atoms with Crippen LogP contribution in [0.2, 0.25) is 0 Å². The summed E-state index contributed by atoms with van der Waals surface area (Å²) < 4.78 is 57.3. The zero-order chi connectivity index (χ0) is 18.7. The molecule has 0 radical (unpaired) electrons. The fraction of sp³-hybridized carbons (Fsp3) is 0.333. The van der Waals surface area contributed by atoms with Gasteiger partial charge in [-0.25, -0.2) is 8.42 Å². The standard InChI is InChI=1S/C15H16F2N4O4S/c16-15(17)21-13(5-6-18-21)14(22)19-11-1-3-12(4-2-11)26(23,24)20-7-9-25-10-8-20/h1-6,15H,7-10H2,(H,19,22). The molecule has 0 aliphatic carbocycles. The quantitative estimate of drug-likeness (QED) is 0.842. The van der Waals surface area contributed by atoms with Crippen molar-refractivity contribution < 1.29 is 26.7 Å². The minimum atomic E-state index is -3.64. The highest BCUT2D eigenvalue weighted by atomic mass is 32.2. The van der Waals surface area contributed by atoms with Crippen molar-refractivity contribution in [3.8, 4) is 0 Å². The van der Waals surface area contributed by atoms with Crippen LogP contribution in [0.25, 0.3) is 0 Å². The van der Waals surface area contributed by atoms with Crippen LogP contribution < -0.4 is 5.32 Å². The van der Waals surface area contributed by atoms with Gasteiger partial charge in [-0.3, -0.25) is 4.79 Å². The summed E-state index contributed by atoms with van der Waals surface area (Å²) in [7, 11) is -3.64. The third-order valence-corrected chi connectivity index (χ3v) is 5.72. The molecule has 1 aliphatic rings. The minimum absolute atomic E-state index is 0.0787. The Morgan fingerprint density at radius 2 is 1.81 bits per heavy atom. The van der Waals surface area contributed by atoms with Crippen molar-refractivity contribution in [2.24, 2.45) is 0 Å². The summed E-state index contributed by atoms with van der Waals surface area (Å²) in [6, 6.07) is 6.66. The SMILES string of the molecule is O=C(Nc1ccc(S(=O)(=O)N2CCOCC2)cc1)c1ccnn1C(F)F. The smallest absolute Gasteiger partial charge is 0.333 e. The Balaban J connectivity index is 1.73. The van der Waals surface area contributed by atoms with E-state index in [0.717, 1.165) is 6.20 Å². The summed E-state index contributed by atoms with van der Waals surface area (Å²) in [4.78, 5) is 12.2. The van der Waals surface area contributed by atoms with Gasteiger partial charge in [-0.2, -0.15) is 22.9 Å². The number of hydrogen-bond donors (Lipinski definition) is 1. The van der Waals surface area contributed by atoms with Gasteiger partial charge in [0, 0.05) is 25.0 Å². The van der Waals surface area contributed by atoms with E-state index in [1.165, 1.54) is 34.6 Å². The van der Waals surface area contributed by atoms with Gasteiger partial charge in [-0.05, 0) is 30.3 Å². The number of amides is 1. The van der Waals surface area contributed by atoms with E-state index in [1.807, 2.05) is 0 Å². The summed E-state index contributed by atoms with van der Waals surface area (Å²) in [5, 5.41) is 5.82. The number of sulfonamides is 1. The van der Waals surface area contributed by atoms with Crippen LogP contribution in [0.1, 0.15) is 17.0 Å². The maximum atomic E-state index is 12.8. The number of morpholine rings is 1. The molecule has 1 aromatic heterocycles. The first-order chi connectivity index (χ1) is 12.4. The van der Waals surface area contributed by atoms with E-state index in [1.54, 1.807) is 0 Å². The number of halogens is 2.